The summed E-state index contributed by atoms with van der Waals surface area (Å²) in [6, 6.07) is 18.3. The summed E-state index contributed by atoms with van der Waals surface area (Å²) in [6.07, 6.45) is 3.63. The molecule has 0 amide bonds. The summed E-state index contributed by atoms with van der Waals surface area (Å²) in [6.45, 7) is 1.12. The summed E-state index contributed by atoms with van der Waals surface area (Å²) in [5.41, 5.74) is 4.60. The van der Waals surface area contributed by atoms with Gasteiger partial charge in [-0.15, -0.1) is 11.8 Å². The maximum absolute atomic E-state index is 3.72. The first-order valence-electron chi connectivity index (χ1n) is 7.46. The van der Waals surface area contributed by atoms with Crippen LogP contribution in [0.1, 0.15) is 29.2 Å². The van der Waals surface area contributed by atoms with Crippen molar-refractivity contribution in [3.8, 4) is 0 Å². The Labute approximate surface area is 124 Å². The highest BCUT2D eigenvalue weighted by Crippen LogP contribution is 2.41. The topological polar surface area (TPSA) is 12.0 Å². The minimum atomic E-state index is 0.534. The normalized spacial score (nSPS) is 24.2. The van der Waals surface area contributed by atoms with Gasteiger partial charge in [0, 0.05) is 16.2 Å². The second-order valence-corrected chi connectivity index (χ2v) is 7.09. The van der Waals surface area contributed by atoms with Gasteiger partial charge in [-0.2, -0.15) is 0 Å². The summed E-state index contributed by atoms with van der Waals surface area (Å²) in [5, 5.41) is 4.43. The van der Waals surface area contributed by atoms with Gasteiger partial charge in [-0.3, -0.25) is 0 Å². The molecule has 0 bridgehead atoms. The predicted molar refractivity (Wildman–Crippen MR) is 85.3 cm³/mol. The summed E-state index contributed by atoms with van der Waals surface area (Å²) in [4.78, 5) is 1.49. The molecular formula is C18H19NS. The monoisotopic (exact) mass is 281 g/mol. The van der Waals surface area contributed by atoms with E-state index in [0.29, 0.717) is 6.04 Å². The average molecular weight is 281 g/mol. The fraction of sp³-hybridized carbons (Fsp3) is 0.333. The summed E-state index contributed by atoms with van der Waals surface area (Å²) < 4.78 is 0. The van der Waals surface area contributed by atoms with Crippen molar-refractivity contribution in [2.45, 2.75) is 35.4 Å². The molecule has 0 saturated carbocycles. The Balaban J connectivity index is 1.52. The molecular weight excluding hydrogens is 262 g/mol. The predicted octanol–water partition coefficient (Wildman–Crippen LogP) is 3.98. The van der Waals surface area contributed by atoms with E-state index in [-0.39, 0.29) is 0 Å². The third-order valence-corrected chi connectivity index (χ3v) is 5.77. The molecule has 2 heterocycles. The SMILES string of the molecule is c1ccc2c(c1)CC(CC1NCCc3ccccc31)S2. The lowest BCUT2D eigenvalue weighted by Gasteiger charge is -2.28. The van der Waals surface area contributed by atoms with E-state index in [4.69, 9.17) is 0 Å². The molecule has 102 valence electrons. The second-order valence-electron chi connectivity index (χ2n) is 5.74. The fourth-order valence-electron chi connectivity index (χ4n) is 3.45. The maximum Gasteiger partial charge on any atom is 0.0333 e. The summed E-state index contributed by atoms with van der Waals surface area (Å²) in [7, 11) is 0. The second kappa shape index (κ2) is 5.27. The average Bonchev–Trinajstić information content (AvgIpc) is 2.90. The van der Waals surface area contributed by atoms with Crippen molar-refractivity contribution in [2.75, 3.05) is 6.54 Å². The lowest BCUT2D eigenvalue weighted by atomic mass is 9.91. The van der Waals surface area contributed by atoms with Crippen LogP contribution in [-0.2, 0) is 12.8 Å². The van der Waals surface area contributed by atoms with Gasteiger partial charge in [-0.05, 0) is 48.6 Å². The van der Waals surface area contributed by atoms with Crippen molar-refractivity contribution < 1.29 is 0 Å². The van der Waals surface area contributed by atoms with E-state index in [1.165, 1.54) is 40.8 Å². The van der Waals surface area contributed by atoms with E-state index in [1.54, 1.807) is 0 Å². The lowest BCUT2D eigenvalue weighted by molar-refractivity contribution is 0.469. The van der Waals surface area contributed by atoms with Crippen LogP contribution >= 0.6 is 11.8 Å². The molecule has 1 N–H and O–H groups in total. The van der Waals surface area contributed by atoms with Crippen LogP contribution in [0, 0.1) is 0 Å². The van der Waals surface area contributed by atoms with Gasteiger partial charge in [0.2, 0.25) is 0 Å². The highest BCUT2D eigenvalue weighted by Gasteiger charge is 2.27. The smallest absolute Gasteiger partial charge is 0.0333 e. The number of thioether (sulfide) groups is 1. The van der Waals surface area contributed by atoms with E-state index in [9.17, 15) is 0 Å². The highest BCUT2D eigenvalue weighted by atomic mass is 32.2. The Bertz CT molecular complexity index is 597. The molecule has 2 unspecified atom stereocenters. The van der Waals surface area contributed by atoms with Crippen LogP contribution in [0.15, 0.2) is 53.4 Å². The molecule has 2 aliphatic heterocycles. The third kappa shape index (κ3) is 2.27. The molecule has 0 radical (unpaired) electrons. The Morgan fingerprint density at radius 1 is 1.00 bits per heavy atom. The van der Waals surface area contributed by atoms with Crippen LogP contribution in [-0.4, -0.2) is 11.8 Å². The van der Waals surface area contributed by atoms with Gasteiger partial charge in [0.1, 0.15) is 0 Å². The fourth-order valence-corrected chi connectivity index (χ4v) is 4.82. The van der Waals surface area contributed by atoms with Gasteiger partial charge < -0.3 is 5.32 Å². The van der Waals surface area contributed by atoms with Crippen LogP contribution in [0.2, 0.25) is 0 Å². The molecule has 0 spiro atoms. The first kappa shape index (κ1) is 12.5. The Morgan fingerprint density at radius 2 is 1.80 bits per heavy atom. The first-order chi connectivity index (χ1) is 9.90. The molecule has 2 aromatic rings. The van der Waals surface area contributed by atoms with Gasteiger partial charge >= 0.3 is 0 Å². The van der Waals surface area contributed by atoms with Crippen molar-refractivity contribution in [2.24, 2.45) is 0 Å². The molecule has 20 heavy (non-hydrogen) atoms. The van der Waals surface area contributed by atoms with Crippen LogP contribution in [0.25, 0.3) is 0 Å². The molecule has 0 aromatic heterocycles. The number of hydrogen-bond donors (Lipinski definition) is 1. The summed E-state index contributed by atoms with van der Waals surface area (Å²) in [5.74, 6) is 0. The molecule has 1 nitrogen and oxygen atoms in total. The van der Waals surface area contributed by atoms with Gasteiger partial charge in [0.25, 0.3) is 0 Å². The van der Waals surface area contributed by atoms with Crippen molar-refractivity contribution >= 4 is 11.8 Å². The Morgan fingerprint density at radius 3 is 2.70 bits per heavy atom. The van der Waals surface area contributed by atoms with Gasteiger partial charge in [-0.1, -0.05) is 42.5 Å². The Kier molecular flexibility index (Phi) is 3.29. The van der Waals surface area contributed by atoms with Gasteiger partial charge in [0.15, 0.2) is 0 Å². The number of fused-ring (bicyclic) bond motifs is 2. The lowest BCUT2D eigenvalue weighted by Crippen LogP contribution is -2.31. The van der Waals surface area contributed by atoms with Crippen LogP contribution in [0.4, 0.5) is 0 Å². The maximum atomic E-state index is 3.72. The molecule has 2 aliphatic rings. The number of hydrogen-bond acceptors (Lipinski definition) is 2. The zero-order valence-corrected chi connectivity index (χ0v) is 12.3. The molecule has 2 aromatic carbocycles. The van der Waals surface area contributed by atoms with Gasteiger partial charge in [-0.25, -0.2) is 0 Å². The minimum absolute atomic E-state index is 0.534. The molecule has 2 atom stereocenters. The van der Waals surface area contributed by atoms with Crippen molar-refractivity contribution in [1.82, 2.24) is 5.32 Å². The number of nitrogens with one attached hydrogen (secondary N) is 1. The number of rotatable bonds is 2. The third-order valence-electron chi connectivity index (χ3n) is 4.43. The Hall–Kier alpha value is -1.25. The van der Waals surface area contributed by atoms with Crippen LogP contribution in [0.3, 0.4) is 0 Å². The molecule has 2 heteroatoms. The van der Waals surface area contributed by atoms with Crippen LogP contribution in [0.5, 0.6) is 0 Å². The molecule has 0 saturated heterocycles. The van der Waals surface area contributed by atoms with E-state index in [0.717, 1.165) is 11.8 Å². The molecule has 0 fully saturated rings. The zero-order chi connectivity index (χ0) is 13.4. The first-order valence-corrected chi connectivity index (χ1v) is 8.34. The van der Waals surface area contributed by atoms with E-state index in [2.05, 4.69) is 65.6 Å². The van der Waals surface area contributed by atoms with Crippen molar-refractivity contribution in [1.29, 1.82) is 0 Å². The quantitative estimate of drug-likeness (QED) is 0.893. The van der Waals surface area contributed by atoms with Gasteiger partial charge in [0.05, 0.1) is 0 Å². The van der Waals surface area contributed by atoms with Crippen molar-refractivity contribution in [3.63, 3.8) is 0 Å². The van der Waals surface area contributed by atoms with E-state index < -0.39 is 0 Å². The van der Waals surface area contributed by atoms with Crippen LogP contribution < -0.4 is 5.32 Å². The van der Waals surface area contributed by atoms with E-state index >= 15 is 0 Å². The minimum Gasteiger partial charge on any atom is -0.310 e. The molecule has 4 rings (SSSR count). The zero-order valence-electron chi connectivity index (χ0n) is 11.5. The summed E-state index contributed by atoms with van der Waals surface area (Å²) >= 11 is 2.06. The highest BCUT2D eigenvalue weighted by molar-refractivity contribution is 8.00. The largest absolute Gasteiger partial charge is 0.310 e. The van der Waals surface area contributed by atoms with Crippen molar-refractivity contribution in [3.05, 3.63) is 65.2 Å². The number of benzene rings is 2. The van der Waals surface area contributed by atoms with E-state index in [1.807, 2.05) is 0 Å². The molecule has 0 aliphatic carbocycles. The standard InChI is InChI=1S/C18H19NS/c1-3-7-16-13(5-1)9-10-19-17(16)12-15-11-14-6-2-4-8-18(14)20-15/h1-8,15,17,19H,9-12H2.